The van der Waals surface area contributed by atoms with E-state index in [0.29, 0.717) is 11.7 Å². The van der Waals surface area contributed by atoms with Crippen LogP contribution in [0.4, 0.5) is 11.8 Å². The fourth-order valence-corrected chi connectivity index (χ4v) is 3.33. The zero-order valence-electron chi connectivity index (χ0n) is 14.1. The van der Waals surface area contributed by atoms with Crippen LogP contribution in [0.15, 0.2) is 63.9 Å². The lowest BCUT2D eigenvalue weighted by Crippen LogP contribution is -2.47. The molecule has 0 N–H and O–H groups in total. The molecule has 130 valence electrons. The van der Waals surface area contributed by atoms with Crippen LogP contribution in [0, 0.1) is 0 Å². The van der Waals surface area contributed by atoms with Gasteiger partial charge in [0.15, 0.2) is 5.58 Å². The van der Waals surface area contributed by atoms with Gasteiger partial charge in [-0.15, -0.1) is 0 Å². The Labute approximate surface area is 149 Å². The van der Waals surface area contributed by atoms with Gasteiger partial charge in [0.05, 0.1) is 0 Å². The topological polar surface area (TPSA) is 66.9 Å². The summed E-state index contributed by atoms with van der Waals surface area (Å²) in [6, 6.07) is 15.6. The number of benzene rings is 1. The summed E-state index contributed by atoms with van der Waals surface area (Å²) in [7, 11) is 0. The lowest BCUT2D eigenvalue weighted by molar-refractivity contribution is 0.540. The second-order valence-corrected chi connectivity index (χ2v) is 6.32. The largest absolute Gasteiger partial charge is 0.423 e. The van der Waals surface area contributed by atoms with E-state index in [1.165, 1.54) is 0 Å². The highest BCUT2D eigenvalue weighted by atomic mass is 16.4. The van der Waals surface area contributed by atoms with E-state index in [1.54, 1.807) is 16.7 Å². The van der Waals surface area contributed by atoms with Crippen LogP contribution in [0.1, 0.15) is 0 Å². The van der Waals surface area contributed by atoms with Crippen molar-refractivity contribution in [3.8, 4) is 0 Å². The highest BCUT2D eigenvalue weighted by Crippen LogP contribution is 2.23. The van der Waals surface area contributed by atoms with E-state index < -0.39 is 0 Å². The molecule has 7 nitrogen and oxygen atoms in total. The highest BCUT2D eigenvalue weighted by molar-refractivity contribution is 5.74. The molecule has 1 saturated heterocycles. The molecule has 0 saturated carbocycles. The van der Waals surface area contributed by atoms with Gasteiger partial charge in [-0.25, -0.2) is 4.98 Å². The zero-order chi connectivity index (χ0) is 17.5. The molecule has 0 aliphatic carbocycles. The van der Waals surface area contributed by atoms with E-state index in [0.717, 1.165) is 43.1 Å². The minimum atomic E-state index is -0.0630. The second kappa shape index (κ2) is 5.87. The summed E-state index contributed by atoms with van der Waals surface area (Å²) in [4.78, 5) is 25.7. The smallest absolute Gasteiger partial charge is 0.298 e. The van der Waals surface area contributed by atoms with Crippen LogP contribution < -0.4 is 15.4 Å². The van der Waals surface area contributed by atoms with Crippen molar-refractivity contribution >= 4 is 28.6 Å². The number of rotatable bonds is 2. The predicted molar refractivity (Wildman–Crippen MR) is 99.9 cm³/mol. The third-order valence-corrected chi connectivity index (χ3v) is 4.71. The molecule has 0 spiro atoms. The van der Waals surface area contributed by atoms with Crippen LogP contribution in [0.5, 0.6) is 0 Å². The van der Waals surface area contributed by atoms with Gasteiger partial charge >= 0.3 is 0 Å². The van der Waals surface area contributed by atoms with Gasteiger partial charge in [-0.3, -0.25) is 9.20 Å². The number of pyridine rings is 1. The molecule has 26 heavy (non-hydrogen) atoms. The Morgan fingerprint density at radius 3 is 2.50 bits per heavy atom. The first-order valence-electron chi connectivity index (χ1n) is 8.62. The Morgan fingerprint density at radius 1 is 0.885 bits per heavy atom. The van der Waals surface area contributed by atoms with E-state index in [1.807, 2.05) is 42.5 Å². The Bertz CT molecular complexity index is 1110. The fourth-order valence-electron chi connectivity index (χ4n) is 3.33. The van der Waals surface area contributed by atoms with Gasteiger partial charge in [0, 0.05) is 38.4 Å². The third-order valence-electron chi connectivity index (χ3n) is 4.71. The highest BCUT2D eigenvalue weighted by Gasteiger charge is 2.22. The summed E-state index contributed by atoms with van der Waals surface area (Å²) in [5.41, 5.74) is 2.27. The van der Waals surface area contributed by atoms with Crippen LogP contribution in [0.2, 0.25) is 0 Å². The van der Waals surface area contributed by atoms with Crippen molar-refractivity contribution in [3.05, 3.63) is 65.1 Å². The number of hydrogen-bond acceptors (Lipinski definition) is 6. The van der Waals surface area contributed by atoms with Crippen LogP contribution in [0.3, 0.4) is 0 Å². The molecule has 7 heteroatoms. The van der Waals surface area contributed by atoms with E-state index in [4.69, 9.17) is 4.42 Å². The Hall–Kier alpha value is -3.35. The van der Waals surface area contributed by atoms with Crippen molar-refractivity contribution < 1.29 is 4.42 Å². The molecule has 4 aromatic rings. The summed E-state index contributed by atoms with van der Waals surface area (Å²) in [6.07, 6.45) is 1.74. The summed E-state index contributed by atoms with van der Waals surface area (Å²) in [5, 5.41) is 0. The molecule has 5 rings (SSSR count). The molecular weight excluding hydrogens is 330 g/mol. The van der Waals surface area contributed by atoms with Crippen molar-refractivity contribution in [3.63, 3.8) is 0 Å². The molecule has 0 radical (unpaired) electrons. The molecule has 3 aromatic heterocycles. The van der Waals surface area contributed by atoms with Gasteiger partial charge in [-0.2, -0.15) is 4.98 Å². The molecule has 0 amide bonds. The van der Waals surface area contributed by atoms with Crippen molar-refractivity contribution in [2.24, 2.45) is 0 Å². The minimum absolute atomic E-state index is 0.0630. The van der Waals surface area contributed by atoms with Gasteiger partial charge in [0.25, 0.3) is 11.6 Å². The van der Waals surface area contributed by atoms with Crippen molar-refractivity contribution in [1.82, 2.24) is 14.4 Å². The predicted octanol–water partition coefficient (Wildman–Crippen LogP) is 2.16. The van der Waals surface area contributed by atoms with Crippen LogP contribution in [-0.2, 0) is 0 Å². The number of fused-ring (bicyclic) bond motifs is 2. The number of nitrogens with zero attached hydrogens (tertiary/aromatic N) is 5. The molecule has 0 bridgehead atoms. The summed E-state index contributed by atoms with van der Waals surface area (Å²) in [5.74, 6) is 0.721. The summed E-state index contributed by atoms with van der Waals surface area (Å²) in [6.45, 7) is 3.05. The Morgan fingerprint density at radius 2 is 1.65 bits per heavy atom. The van der Waals surface area contributed by atoms with E-state index in [2.05, 4.69) is 19.8 Å². The first-order chi connectivity index (χ1) is 12.8. The maximum absolute atomic E-state index is 12.3. The molecule has 0 atom stereocenters. The molecule has 1 aromatic carbocycles. The van der Waals surface area contributed by atoms with Gasteiger partial charge in [-0.1, -0.05) is 18.2 Å². The monoisotopic (exact) mass is 347 g/mol. The lowest BCUT2D eigenvalue weighted by atomic mass is 10.3. The van der Waals surface area contributed by atoms with Gasteiger partial charge in [-0.05, 0) is 24.3 Å². The quantitative estimate of drug-likeness (QED) is 0.554. The zero-order valence-corrected chi connectivity index (χ0v) is 14.1. The standard InChI is InChI=1S/C19H17N5O2/c25-18-13-17(21-16-7-3-4-8-24(16)18)22-9-11-23(12-10-22)19-20-14-5-1-2-6-15(14)26-19/h1-8,13H,9-12H2. The first kappa shape index (κ1) is 14.9. The first-order valence-corrected chi connectivity index (χ1v) is 8.62. The minimum Gasteiger partial charge on any atom is -0.423 e. The van der Waals surface area contributed by atoms with Crippen LogP contribution in [-0.4, -0.2) is 40.5 Å². The molecule has 0 unspecified atom stereocenters. The average molecular weight is 347 g/mol. The van der Waals surface area contributed by atoms with E-state index in [9.17, 15) is 4.79 Å². The van der Waals surface area contributed by atoms with Crippen LogP contribution >= 0.6 is 0 Å². The third kappa shape index (κ3) is 2.48. The molecule has 1 aliphatic rings. The lowest BCUT2D eigenvalue weighted by Gasteiger charge is -2.34. The Balaban J connectivity index is 1.37. The number of anilines is 2. The summed E-state index contributed by atoms with van der Waals surface area (Å²) < 4.78 is 7.41. The van der Waals surface area contributed by atoms with Crippen molar-refractivity contribution in [1.29, 1.82) is 0 Å². The van der Waals surface area contributed by atoms with Crippen molar-refractivity contribution in [2.45, 2.75) is 0 Å². The SMILES string of the molecule is O=c1cc(N2CCN(c3nc4ccccc4o3)CC2)nc2ccccn12. The molecule has 1 fully saturated rings. The fraction of sp³-hybridized carbons (Fsp3) is 0.211. The number of hydrogen-bond donors (Lipinski definition) is 0. The van der Waals surface area contributed by atoms with Crippen LogP contribution in [0.25, 0.3) is 16.7 Å². The van der Waals surface area contributed by atoms with Gasteiger partial charge in [0.1, 0.15) is 17.0 Å². The molecule has 4 heterocycles. The maximum atomic E-state index is 12.3. The number of oxazole rings is 1. The number of aromatic nitrogens is 3. The Kier molecular flexibility index (Phi) is 3.38. The molecular formula is C19H17N5O2. The van der Waals surface area contributed by atoms with Crippen molar-refractivity contribution in [2.75, 3.05) is 36.0 Å². The number of para-hydroxylation sites is 2. The second-order valence-electron chi connectivity index (χ2n) is 6.32. The van der Waals surface area contributed by atoms with E-state index in [-0.39, 0.29) is 5.56 Å². The van der Waals surface area contributed by atoms with Gasteiger partial charge < -0.3 is 14.2 Å². The summed E-state index contributed by atoms with van der Waals surface area (Å²) >= 11 is 0. The van der Waals surface area contributed by atoms with E-state index >= 15 is 0 Å². The molecule has 1 aliphatic heterocycles. The van der Waals surface area contributed by atoms with Gasteiger partial charge in [0.2, 0.25) is 0 Å². The maximum Gasteiger partial charge on any atom is 0.298 e. The number of piperazine rings is 1. The average Bonchev–Trinajstić information content (AvgIpc) is 3.12. The normalized spacial score (nSPS) is 15.1.